The number of nitriles is 1. The van der Waals surface area contributed by atoms with Crippen LogP contribution >= 0.6 is 0 Å². The number of aromatic nitrogens is 1. The molecule has 0 N–H and O–H groups in total. The molecule has 2 saturated heterocycles. The van der Waals surface area contributed by atoms with Gasteiger partial charge in [-0.25, -0.2) is 0 Å². The van der Waals surface area contributed by atoms with Crippen molar-refractivity contribution in [2.75, 3.05) is 30.5 Å². The van der Waals surface area contributed by atoms with Crippen LogP contribution in [0.3, 0.4) is 0 Å². The molecule has 0 unspecified atom stereocenters. The van der Waals surface area contributed by atoms with Gasteiger partial charge in [0, 0.05) is 44.6 Å². The van der Waals surface area contributed by atoms with Crippen molar-refractivity contribution in [1.29, 1.82) is 5.26 Å². The lowest BCUT2D eigenvalue weighted by molar-refractivity contribution is 0.345. The van der Waals surface area contributed by atoms with Crippen LogP contribution in [0.5, 0.6) is 0 Å². The van der Waals surface area contributed by atoms with Crippen LogP contribution in [0.25, 0.3) is 11.1 Å². The fourth-order valence-electron chi connectivity index (χ4n) is 3.61. The molecule has 0 bridgehead atoms. The number of rotatable bonds is 3. The second kappa shape index (κ2) is 6.59. The molecule has 1 aromatic carbocycles. The van der Waals surface area contributed by atoms with Crippen LogP contribution in [0, 0.1) is 11.5 Å². The molecule has 0 saturated carbocycles. The van der Waals surface area contributed by atoms with Crippen molar-refractivity contribution in [3.05, 3.63) is 48.8 Å². The zero-order valence-corrected chi connectivity index (χ0v) is 15.0. The van der Waals surface area contributed by atoms with Crippen molar-refractivity contribution in [1.82, 2.24) is 14.2 Å². The van der Waals surface area contributed by atoms with Crippen LogP contribution < -0.4 is 4.31 Å². The largest absolute Gasteiger partial charge is 0.309 e. The van der Waals surface area contributed by atoms with E-state index in [-0.39, 0.29) is 6.04 Å². The van der Waals surface area contributed by atoms with E-state index in [9.17, 15) is 8.42 Å². The molecular formula is C18H19N5O2S. The number of hydrogen-bond donors (Lipinski definition) is 0. The van der Waals surface area contributed by atoms with Crippen molar-refractivity contribution >= 4 is 15.9 Å². The summed E-state index contributed by atoms with van der Waals surface area (Å²) in [5.41, 5.74) is 2.73. The van der Waals surface area contributed by atoms with Crippen molar-refractivity contribution in [3.63, 3.8) is 0 Å². The third-order valence-electron chi connectivity index (χ3n) is 4.98. The lowest BCUT2D eigenvalue weighted by Gasteiger charge is -2.24. The zero-order valence-electron chi connectivity index (χ0n) is 14.2. The predicted octanol–water partition coefficient (Wildman–Crippen LogP) is 1.67. The molecule has 8 heteroatoms. The molecule has 26 heavy (non-hydrogen) atoms. The first-order chi connectivity index (χ1) is 12.6. The maximum atomic E-state index is 13.0. The summed E-state index contributed by atoms with van der Waals surface area (Å²) in [4.78, 5) is 5.63. The fourth-order valence-corrected chi connectivity index (χ4v) is 5.43. The molecule has 0 amide bonds. The molecule has 4 rings (SSSR count). The summed E-state index contributed by atoms with van der Waals surface area (Å²) in [6, 6.07) is 11.3. The van der Waals surface area contributed by atoms with E-state index in [2.05, 4.69) is 11.2 Å². The van der Waals surface area contributed by atoms with Crippen molar-refractivity contribution < 1.29 is 8.42 Å². The van der Waals surface area contributed by atoms with Gasteiger partial charge in [-0.2, -0.15) is 18.0 Å². The fraction of sp³-hybridized carbons (Fsp3) is 0.333. The lowest BCUT2D eigenvalue weighted by atomic mass is 10.1. The Labute approximate surface area is 153 Å². The van der Waals surface area contributed by atoms with Crippen LogP contribution in [0.4, 0.5) is 5.69 Å². The van der Waals surface area contributed by atoms with Crippen molar-refractivity contribution in [2.45, 2.75) is 12.5 Å². The van der Waals surface area contributed by atoms with Crippen LogP contribution in [0.1, 0.15) is 6.42 Å². The Balaban J connectivity index is 1.54. The standard InChI is InChI=1S/C18H19N5O2S/c19-14-21-10-7-18(13-21)23-12-11-22(26(23,24)25)17-3-1-15(2-4-17)16-5-8-20-9-6-16/h1-6,8-9,18H,7,10-13H2/t18-/m1/s1. The number of likely N-dealkylation sites (tertiary alicyclic amines) is 1. The molecule has 1 atom stereocenters. The summed E-state index contributed by atoms with van der Waals surface area (Å²) in [6.07, 6.45) is 6.27. The Morgan fingerprint density at radius 2 is 1.69 bits per heavy atom. The Bertz CT molecular complexity index is 924. The van der Waals surface area contributed by atoms with Gasteiger partial charge in [0.1, 0.15) is 0 Å². The molecule has 3 heterocycles. The monoisotopic (exact) mass is 369 g/mol. The molecule has 2 fully saturated rings. The summed E-state index contributed by atoms with van der Waals surface area (Å²) in [7, 11) is -3.55. The van der Waals surface area contributed by atoms with Gasteiger partial charge in [0.2, 0.25) is 0 Å². The molecule has 2 aromatic rings. The highest BCUT2D eigenvalue weighted by Crippen LogP contribution is 2.31. The van der Waals surface area contributed by atoms with Crippen molar-refractivity contribution in [3.8, 4) is 17.3 Å². The smallest absolute Gasteiger partial charge is 0.304 e. The highest BCUT2D eigenvalue weighted by Gasteiger charge is 2.43. The van der Waals surface area contributed by atoms with Gasteiger partial charge >= 0.3 is 10.2 Å². The SMILES string of the molecule is N#CN1CC[C@@H](N2CCN(c3ccc(-c4ccncc4)cc3)S2(=O)=O)C1. The highest BCUT2D eigenvalue weighted by molar-refractivity contribution is 7.90. The number of pyridine rings is 1. The van der Waals surface area contributed by atoms with E-state index in [1.54, 1.807) is 21.6 Å². The molecular weight excluding hydrogens is 350 g/mol. The maximum Gasteiger partial charge on any atom is 0.304 e. The van der Waals surface area contributed by atoms with Crippen LogP contribution in [-0.2, 0) is 10.2 Å². The Kier molecular flexibility index (Phi) is 4.26. The second-order valence-corrected chi connectivity index (χ2v) is 8.27. The Morgan fingerprint density at radius 1 is 1.00 bits per heavy atom. The van der Waals surface area contributed by atoms with E-state index in [1.165, 1.54) is 4.31 Å². The molecule has 7 nitrogen and oxygen atoms in total. The summed E-state index contributed by atoms with van der Waals surface area (Å²) in [6.45, 7) is 1.98. The molecule has 2 aliphatic rings. The highest BCUT2D eigenvalue weighted by atomic mass is 32.2. The summed E-state index contributed by atoms with van der Waals surface area (Å²) < 4.78 is 28.9. The Hall–Kier alpha value is -2.63. The topological polar surface area (TPSA) is 80.5 Å². The van der Waals surface area contributed by atoms with Gasteiger partial charge in [-0.1, -0.05) is 12.1 Å². The van der Waals surface area contributed by atoms with E-state index in [4.69, 9.17) is 5.26 Å². The lowest BCUT2D eigenvalue weighted by Crippen LogP contribution is -2.41. The zero-order chi connectivity index (χ0) is 18.1. The Morgan fingerprint density at radius 3 is 2.35 bits per heavy atom. The van der Waals surface area contributed by atoms with E-state index in [1.807, 2.05) is 36.4 Å². The normalized spacial score (nSPS) is 22.5. The van der Waals surface area contributed by atoms with Crippen LogP contribution in [-0.4, -0.2) is 54.8 Å². The third-order valence-corrected chi connectivity index (χ3v) is 7.00. The molecule has 134 valence electrons. The minimum atomic E-state index is -3.55. The predicted molar refractivity (Wildman–Crippen MR) is 98.2 cm³/mol. The summed E-state index contributed by atoms with van der Waals surface area (Å²) >= 11 is 0. The molecule has 0 spiro atoms. The first-order valence-corrected chi connectivity index (χ1v) is 9.94. The first kappa shape index (κ1) is 16.8. The van der Waals surface area contributed by atoms with Gasteiger partial charge in [0.15, 0.2) is 6.19 Å². The molecule has 0 radical (unpaired) electrons. The maximum absolute atomic E-state index is 13.0. The molecule has 2 aliphatic heterocycles. The van der Waals surface area contributed by atoms with Gasteiger partial charge < -0.3 is 4.90 Å². The van der Waals surface area contributed by atoms with Crippen molar-refractivity contribution in [2.24, 2.45) is 0 Å². The molecule has 0 aliphatic carbocycles. The van der Waals surface area contributed by atoms with Gasteiger partial charge in [-0.05, 0) is 41.8 Å². The molecule has 1 aromatic heterocycles. The average molecular weight is 369 g/mol. The van der Waals surface area contributed by atoms with Gasteiger partial charge in [-0.15, -0.1) is 0 Å². The number of benzene rings is 1. The average Bonchev–Trinajstić information content (AvgIpc) is 3.26. The minimum Gasteiger partial charge on any atom is -0.309 e. The van der Waals surface area contributed by atoms with E-state index < -0.39 is 10.2 Å². The van der Waals surface area contributed by atoms with Crippen LogP contribution in [0.2, 0.25) is 0 Å². The third kappa shape index (κ3) is 2.89. The number of hydrogen-bond acceptors (Lipinski definition) is 5. The van der Waals surface area contributed by atoms with Gasteiger partial charge in [-0.3, -0.25) is 9.29 Å². The first-order valence-electron chi connectivity index (χ1n) is 8.54. The van der Waals surface area contributed by atoms with E-state index in [0.29, 0.717) is 38.3 Å². The van der Waals surface area contributed by atoms with Gasteiger partial charge in [0.05, 0.1) is 5.69 Å². The second-order valence-electron chi connectivity index (χ2n) is 6.46. The summed E-state index contributed by atoms with van der Waals surface area (Å²) in [5.74, 6) is 0. The minimum absolute atomic E-state index is 0.124. The van der Waals surface area contributed by atoms with Crippen LogP contribution in [0.15, 0.2) is 48.8 Å². The quantitative estimate of drug-likeness (QED) is 0.769. The number of nitrogens with zero attached hydrogens (tertiary/aromatic N) is 5. The summed E-state index contributed by atoms with van der Waals surface area (Å²) in [5, 5.41) is 9.00. The van der Waals surface area contributed by atoms with E-state index in [0.717, 1.165) is 11.1 Å². The van der Waals surface area contributed by atoms with E-state index >= 15 is 0 Å². The van der Waals surface area contributed by atoms with Gasteiger partial charge in [0.25, 0.3) is 0 Å². The number of anilines is 1.